The fourth-order valence-electron chi connectivity index (χ4n) is 2.43. The molecule has 0 aliphatic carbocycles. The molecule has 7 nitrogen and oxygen atoms in total. The Morgan fingerprint density at radius 3 is 2.60 bits per heavy atom. The van der Waals surface area contributed by atoms with E-state index in [4.69, 9.17) is 10.8 Å². The van der Waals surface area contributed by atoms with Crippen LogP contribution in [-0.2, 0) is 9.59 Å². The third-order valence-corrected chi connectivity index (χ3v) is 3.40. The minimum absolute atomic E-state index is 0.0784. The summed E-state index contributed by atoms with van der Waals surface area (Å²) in [4.78, 5) is 35.2. The smallest absolute Gasteiger partial charge is 0.317 e. The SMILES string of the molecule is CC(C)(CC(N)=O)NC(=O)N1CCC(CCC(=O)O)C1. The number of nitrogens with two attached hydrogens (primary N) is 1. The van der Waals surface area contributed by atoms with Gasteiger partial charge in [0.2, 0.25) is 5.91 Å². The molecule has 1 saturated heterocycles. The third kappa shape index (κ3) is 5.46. The largest absolute Gasteiger partial charge is 0.481 e. The number of nitrogens with one attached hydrogen (secondary N) is 1. The fourth-order valence-corrected chi connectivity index (χ4v) is 2.43. The van der Waals surface area contributed by atoms with Crippen molar-refractivity contribution in [3.63, 3.8) is 0 Å². The molecule has 1 aliphatic heterocycles. The Bertz CT molecular complexity index is 395. The van der Waals surface area contributed by atoms with E-state index in [0.29, 0.717) is 19.5 Å². The minimum atomic E-state index is -0.810. The summed E-state index contributed by atoms with van der Waals surface area (Å²) in [5.74, 6) is -1.04. The highest BCUT2D eigenvalue weighted by Crippen LogP contribution is 2.21. The van der Waals surface area contributed by atoms with Crippen LogP contribution in [0.4, 0.5) is 4.79 Å². The first-order chi connectivity index (χ1) is 9.19. The average molecular weight is 285 g/mol. The summed E-state index contributed by atoms with van der Waals surface area (Å²) in [6, 6.07) is -0.228. The highest BCUT2D eigenvalue weighted by atomic mass is 16.4. The van der Waals surface area contributed by atoms with Gasteiger partial charge in [-0.05, 0) is 32.6 Å². The number of carbonyl (C=O) groups excluding carboxylic acids is 2. The Morgan fingerprint density at radius 2 is 2.05 bits per heavy atom. The lowest BCUT2D eigenvalue weighted by Gasteiger charge is -2.28. The fraction of sp³-hybridized carbons (Fsp3) is 0.769. The van der Waals surface area contributed by atoms with E-state index in [2.05, 4.69) is 5.32 Å². The zero-order chi connectivity index (χ0) is 15.3. The first kappa shape index (κ1) is 16.3. The highest BCUT2D eigenvalue weighted by Gasteiger charge is 2.30. The van der Waals surface area contributed by atoms with Crippen LogP contribution in [0.25, 0.3) is 0 Å². The Hall–Kier alpha value is -1.79. The molecule has 1 atom stereocenters. The number of urea groups is 1. The standard InChI is InChI=1S/C13H23N3O4/c1-13(2,7-10(14)17)15-12(20)16-6-5-9(8-16)3-4-11(18)19/h9H,3-8H2,1-2H3,(H2,14,17)(H,15,20)(H,18,19). The normalized spacial score (nSPS) is 18.9. The number of carboxylic acids is 1. The monoisotopic (exact) mass is 285 g/mol. The van der Waals surface area contributed by atoms with Crippen molar-refractivity contribution in [2.75, 3.05) is 13.1 Å². The van der Waals surface area contributed by atoms with Gasteiger partial charge in [-0.25, -0.2) is 4.79 Å². The molecule has 0 aromatic rings. The molecular formula is C13H23N3O4. The molecule has 1 aliphatic rings. The van der Waals surface area contributed by atoms with Gasteiger partial charge in [-0.15, -0.1) is 0 Å². The van der Waals surface area contributed by atoms with Gasteiger partial charge in [-0.1, -0.05) is 0 Å². The van der Waals surface area contributed by atoms with Crippen LogP contribution in [0.1, 0.15) is 39.5 Å². The first-order valence-corrected chi connectivity index (χ1v) is 6.77. The molecule has 20 heavy (non-hydrogen) atoms. The van der Waals surface area contributed by atoms with Crippen LogP contribution < -0.4 is 11.1 Å². The summed E-state index contributed by atoms with van der Waals surface area (Å²) in [5.41, 5.74) is 4.46. The number of aliphatic carboxylic acids is 1. The number of rotatable bonds is 6. The van der Waals surface area contributed by atoms with Gasteiger partial charge in [0.1, 0.15) is 0 Å². The Balaban J connectivity index is 2.42. The van der Waals surface area contributed by atoms with Crippen LogP contribution in [-0.4, -0.2) is 46.5 Å². The number of hydrogen-bond donors (Lipinski definition) is 3. The predicted octanol–water partition coefficient (Wildman–Crippen LogP) is 0.537. The number of nitrogens with zero attached hydrogens (tertiary/aromatic N) is 1. The molecule has 1 unspecified atom stereocenters. The summed E-state index contributed by atoms with van der Waals surface area (Å²) in [6.07, 6.45) is 1.61. The van der Waals surface area contributed by atoms with Crippen molar-refractivity contribution in [3.8, 4) is 0 Å². The van der Waals surface area contributed by atoms with Gasteiger partial charge in [-0.3, -0.25) is 9.59 Å². The van der Waals surface area contributed by atoms with Crippen molar-refractivity contribution in [2.24, 2.45) is 11.7 Å². The van der Waals surface area contributed by atoms with Crippen molar-refractivity contribution >= 4 is 17.9 Å². The maximum Gasteiger partial charge on any atom is 0.317 e. The number of likely N-dealkylation sites (tertiary alicyclic amines) is 1. The molecule has 0 bridgehead atoms. The predicted molar refractivity (Wildman–Crippen MR) is 73.0 cm³/mol. The zero-order valence-electron chi connectivity index (χ0n) is 12.0. The van der Waals surface area contributed by atoms with Crippen LogP contribution in [0.5, 0.6) is 0 Å². The Labute approximate surface area is 118 Å². The molecular weight excluding hydrogens is 262 g/mol. The van der Waals surface area contributed by atoms with Gasteiger partial charge in [0.05, 0.1) is 0 Å². The van der Waals surface area contributed by atoms with Gasteiger partial charge in [0.25, 0.3) is 0 Å². The van der Waals surface area contributed by atoms with E-state index < -0.39 is 17.4 Å². The lowest BCUT2D eigenvalue weighted by molar-refractivity contribution is -0.137. The summed E-state index contributed by atoms with van der Waals surface area (Å²) in [6.45, 7) is 4.66. The number of carbonyl (C=O) groups is 3. The van der Waals surface area contributed by atoms with E-state index >= 15 is 0 Å². The highest BCUT2D eigenvalue weighted by molar-refractivity contribution is 5.79. The Morgan fingerprint density at radius 1 is 1.40 bits per heavy atom. The zero-order valence-corrected chi connectivity index (χ0v) is 12.0. The van der Waals surface area contributed by atoms with Crippen molar-refractivity contribution in [1.82, 2.24) is 10.2 Å². The van der Waals surface area contributed by atoms with Crippen LogP contribution in [0.3, 0.4) is 0 Å². The van der Waals surface area contributed by atoms with Crippen LogP contribution in [0, 0.1) is 5.92 Å². The van der Waals surface area contributed by atoms with Crippen molar-refractivity contribution in [2.45, 2.75) is 45.1 Å². The van der Waals surface area contributed by atoms with Gasteiger partial charge in [0, 0.05) is 31.5 Å². The number of amides is 3. The van der Waals surface area contributed by atoms with Crippen LogP contribution in [0.2, 0.25) is 0 Å². The quantitative estimate of drug-likeness (QED) is 0.661. The van der Waals surface area contributed by atoms with Crippen LogP contribution >= 0.6 is 0 Å². The number of primary amides is 1. The molecule has 0 saturated carbocycles. The van der Waals surface area contributed by atoms with Crippen molar-refractivity contribution < 1.29 is 19.5 Å². The van der Waals surface area contributed by atoms with E-state index in [1.54, 1.807) is 18.7 Å². The Kier molecular flexibility index (Phi) is 5.35. The van der Waals surface area contributed by atoms with Gasteiger partial charge < -0.3 is 21.1 Å². The molecule has 0 aromatic heterocycles. The maximum atomic E-state index is 12.1. The molecule has 7 heteroatoms. The molecule has 114 valence electrons. The first-order valence-electron chi connectivity index (χ1n) is 6.77. The topological polar surface area (TPSA) is 113 Å². The summed E-state index contributed by atoms with van der Waals surface area (Å²) in [5, 5.41) is 11.4. The lowest BCUT2D eigenvalue weighted by Crippen LogP contribution is -2.51. The molecule has 1 heterocycles. The van der Waals surface area contributed by atoms with Gasteiger partial charge in [0.15, 0.2) is 0 Å². The van der Waals surface area contributed by atoms with E-state index in [9.17, 15) is 14.4 Å². The molecule has 1 fully saturated rings. The van der Waals surface area contributed by atoms with E-state index in [1.165, 1.54) is 0 Å². The second kappa shape index (κ2) is 6.58. The molecule has 0 spiro atoms. The van der Waals surface area contributed by atoms with Gasteiger partial charge in [-0.2, -0.15) is 0 Å². The third-order valence-electron chi connectivity index (χ3n) is 3.40. The van der Waals surface area contributed by atoms with Crippen molar-refractivity contribution in [3.05, 3.63) is 0 Å². The molecule has 1 rings (SSSR count). The molecule has 4 N–H and O–H groups in total. The van der Waals surface area contributed by atoms with Crippen LogP contribution in [0.15, 0.2) is 0 Å². The van der Waals surface area contributed by atoms with Crippen molar-refractivity contribution in [1.29, 1.82) is 0 Å². The average Bonchev–Trinajstić information content (AvgIpc) is 2.72. The summed E-state index contributed by atoms with van der Waals surface area (Å²) < 4.78 is 0. The molecule has 3 amide bonds. The van der Waals surface area contributed by atoms with E-state index in [-0.39, 0.29) is 24.8 Å². The number of hydrogen-bond acceptors (Lipinski definition) is 3. The second-order valence-corrected chi connectivity index (χ2v) is 5.99. The summed E-state index contributed by atoms with van der Waals surface area (Å²) >= 11 is 0. The minimum Gasteiger partial charge on any atom is -0.481 e. The van der Waals surface area contributed by atoms with E-state index in [1.807, 2.05) is 0 Å². The number of carboxylic acid groups (broad SMARTS) is 1. The molecule has 0 aromatic carbocycles. The van der Waals surface area contributed by atoms with Gasteiger partial charge >= 0.3 is 12.0 Å². The maximum absolute atomic E-state index is 12.1. The summed E-state index contributed by atoms with van der Waals surface area (Å²) in [7, 11) is 0. The molecule has 0 radical (unpaired) electrons. The van der Waals surface area contributed by atoms with E-state index in [0.717, 1.165) is 6.42 Å². The lowest BCUT2D eigenvalue weighted by atomic mass is 10.0. The second-order valence-electron chi connectivity index (χ2n) is 5.99.